The van der Waals surface area contributed by atoms with Gasteiger partial charge in [0.25, 0.3) is 0 Å². The summed E-state index contributed by atoms with van der Waals surface area (Å²) < 4.78 is 9.17. The van der Waals surface area contributed by atoms with Crippen LogP contribution in [0.15, 0.2) is 138 Å². The smallest absolute Gasteiger partial charge is 0.167 e. The van der Waals surface area contributed by atoms with Crippen LogP contribution in [0, 0.1) is 11.3 Å². The van der Waals surface area contributed by atoms with Crippen LogP contribution >= 0.6 is 11.3 Å². The first-order valence-electron chi connectivity index (χ1n) is 14.9. The summed E-state index contributed by atoms with van der Waals surface area (Å²) >= 11 is 1.82. The topological polar surface area (TPSA) is 75.6 Å². The molecule has 5 nitrogen and oxygen atoms in total. The lowest BCUT2D eigenvalue weighted by molar-refractivity contribution is 0.669. The molecule has 0 aliphatic heterocycles. The average Bonchev–Trinajstić information content (AvgIpc) is 3.70. The van der Waals surface area contributed by atoms with Crippen molar-refractivity contribution < 1.29 is 4.42 Å². The summed E-state index contributed by atoms with van der Waals surface area (Å²) in [5, 5.41) is 14.1. The number of nitrogens with zero attached hydrogens (tertiary/aromatic N) is 4. The van der Waals surface area contributed by atoms with Crippen LogP contribution in [0.1, 0.15) is 5.56 Å². The lowest BCUT2D eigenvalue weighted by atomic mass is 9.98. The summed E-state index contributed by atoms with van der Waals surface area (Å²) in [6.45, 7) is 0. The van der Waals surface area contributed by atoms with Gasteiger partial charge >= 0.3 is 0 Å². The molecule has 0 unspecified atom stereocenters. The van der Waals surface area contributed by atoms with E-state index in [-0.39, 0.29) is 0 Å². The number of fused-ring (bicyclic) bond motifs is 6. The molecule has 0 bridgehead atoms. The van der Waals surface area contributed by atoms with Crippen molar-refractivity contribution in [2.75, 3.05) is 0 Å². The van der Waals surface area contributed by atoms with E-state index in [4.69, 9.17) is 19.4 Å². The van der Waals surface area contributed by atoms with Crippen LogP contribution in [-0.4, -0.2) is 15.0 Å². The highest BCUT2D eigenvalue weighted by molar-refractivity contribution is 7.25. The van der Waals surface area contributed by atoms with E-state index in [9.17, 15) is 5.26 Å². The van der Waals surface area contributed by atoms with E-state index in [1.165, 1.54) is 20.2 Å². The van der Waals surface area contributed by atoms with Gasteiger partial charge in [-0.15, -0.1) is 11.3 Å². The molecule has 0 aliphatic rings. The molecular formula is C40H22N4OS. The molecule has 3 heterocycles. The molecule has 0 spiro atoms. The summed E-state index contributed by atoms with van der Waals surface area (Å²) in [5.74, 6) is 1.55. The van der Waals surface area contributed by atoms with Gasteiger partial charge < -0.3 is 4.42 Å². The van der Waals surface area contributed by atoms with Crippen molar-refractivity contribution >= 4 is 53.4 Å². The number of aromatic nitrogens is 3. The molecule has 9 rings (SSSR count). The summed E-state index contributed by atoms with van der Waals surface area (Å²) in [6, 6.07) is 47.0. The number of thiophene rings is 1. The molecule has 46 heavy (non-hydrogen) atoms. The fourth-order valence-electron chi connectivity index (χ4n) is 6.23. The molecule has 0 saturated carbocycles. The summed E-state index contributed by atoms with van der Waals surface area (Å²) in [4.78, 5) is 14.7. The van der Waals surface area contributed by atoms with E-state index in [0.717, 1.165) is 49.8 Å². The van der Waals surface area contributed by atoms with Gasteiger partial charge in [0.2, 0.25) is 0 Å². The molecule has 0 radical (unpaired) electrons. The highest BCUT2D eigenvalue weighted by Crippen LogP contribution is 2.42. The zero-order chi connectivity index (χ0) is 30.6. The van der Waals surface area contributed by atoms with E-state index in [1.54, 1.807) is 12.1 Å². The molecule has 0 aliphatic carbocycles. The van der Waals surface area contributed by atoms with Crippen molar-refractivity contribution in [1.82, 2.24) is 15.0 Å². The highest BCUT2D eigenvalue weighted by atomic mass is 32.1. The van der Waals surface area contributed by atoms with Gasteiger partial charge in [-0.25, -0.2) is 15.0 Å². The number of hydrogen-bond acceptors (Lipinski definition) is 6. The second-order valence-electron chi connectivity index (χ2n) is 11.1. The highest BCUT2D eigenvalue weighted by Gasteiger charge is 2.20. The maximum Gasteiger partial charge on any atom is 0.167 e. The zero-order valence-electron chi connectivity index (χ0n) is 24.3. The summed E-state index contributed by atoms with van der Waals surface area (Å²) in [5.41, 5.74) is 6.71. The van der Waals surface area contributed by atoms with Crippen molar-refractivity contribution in [3.8, 4) is 51.4 Å². The second-order valence-corrected chi connectivity index (χ2v) is 12.2. The Morgan fingerprint density at radius 3 is 2.11 bits per heavy atom. The molecule has 0 amide bonds. The van der Waals surface area contributed by atoms with Crippen molar-refractivity contribution in [2.45, 2.75) is 0 Å². The van der Waals surface area contributed by atoms with E-state index in [0.29, 0.717) is 23.0 Å². The van der Waals surface area contributed by atoms with Crippen LogP contribution in [-0.2, 0) is 0 Å². The molecule has 6 heteroatoms. The molecule has 0 saturated heterocycles. The third kappa shape index (κ3) is 4.26. The molecular weight excluding hydrogens is 585 g/mol. The standard InChI is InChI=1S/C40H22N4OS/c41-23-24-9-6-12-27(21-24)39-42-38(25-10-2-1-3-11-25)43-40(44-39)32-16-7-15-31-36-28(14-8-17-33(36)45-37(31)32)26-19-20-30-29-13-4-5-18-34(29)46-35(30)22-26/h1-22H. The van der Waals surface area contributed by atoms with Crippen LogP contribution in [0.4, 0.5) is 0 Å². The molecule has 0 N–H and O–H groups in total. The second kappa shape index (κ2) is 10.5. The van der Waals surface area contributed by atoms with Crippen molar-refractivity contribution in [2.24, 2.45) is 0 Å². The van der Waals surface area contributed by atoms with Crippen LogP contribution < -0.4 is 0 Å². The van der Waals surface area contributed by atoms with Crippen molar-refractivity contribution in [3.05, 3.63) is 139 Å². The fraction of sp³-hybridized carbons (Fsp3) is 0. The third-order valence-electron chi connectivity index (χ3n) is 8.37. The molecule has 6 aromatic carbocycles. The quantitative estimate of drug-likeness (QED) is 0.199. The van der Waals surface area contributed by atoms with E-state index < -0.39 is 0 Å². The van der Waals surface area contributed by atoms with Gasteiger partial charge in [0.05, 0.1) is 17.2 Å². The Kier molecular flexibility index (Phi) is 5.98. The van der Waals surface area contributed by atoms with Gasteiger partial charge in [0, 0.05) is 42.1 Å². The summed E-state index contributed by atoms with van der Waals surface area (Å²) in [6.07, 6.45) is 0. The summed E-state index contributed by atoms with van der Waals surface area (Å²) in [7, 11) is 0. The minimum atomic E-state index is 0.492. The van der Waals surface area contributed by atoms with Gasteiger partial charge in [-0.2, -0.15) is 5.26 Å². The van der Waals surface area contributed by atoms with Gasteiger partial charge in [-0.3, -0.25) is 0 Å². The Morgan fingerprint density at radius 2 is 1.22 bits per heavy atom. The van der Waals surface area contributed by atoms with Crippen molar-refractivity contribution in [3.63, 3.8) is 0 Å². The lowest BCUT2D eigenvalue weighted by Crippen LogP contribution is -2.00. The van der Waals surface area contributed by atoms with Crippen LogP contribution in [0.2, 0.25) is 0 Å². The number of hydrogen-bond donors (Lipinski definition) is 0. The Bertz CT molecular complexity index is 2670. The van der Waals surface area contributed by atoms with Gasteiger partial charge in [-0.1, -0.05) is 97.1 Å². The lowest BCUT2D eigenvalue weighted by Gasteiger charge is -2.09. The number of para-hydroxylation sites is 1. The monoisotopic (exact) mass is 606 g/mol. The van der Waals surface area contributed by atoms with Crippen LogP contribution in [0.5, 0.6) is 0 Å². The third-order valence-corrected chi connectivity index (χ3v) is 9.50. The largest absolute Gasteiger partial charge is 0.455 e. The molecule has 3 aromatic heterocycles. The first-order chi connectivity index (χ1) is 22.7. The Balaban J connectivity index is 1.25. The fourth-order valence-corrected chi connectivity index (χ4v) is 7.37. The van der Waals surface area contributed by atoms with Gasteiger partial charge in [0.15, 0.2) is 17.5 Å². The Hall–Kier alpha value is -6.16. The predicted octanol–water partition coefficient (Wildman–Crippen LogP) is 10.7. The van der Waals surface area contributed by atoms with Crippen LogP contribution in [0.3, 0.4) is 0 Å². The van der Waals surface area contributed by atoms with E-state index >= 15 is 0 Å². The molecule has 9 aromatic rings. The van der Waals surface area contributed by atoms with E-state index in [2.05, 4.69) is 60.7 Å². The molecule has 214 valence electrons. The van der Waals surface area contributed by atoms with Crippen LogP contribution in [0.25, 0.3) is 87.4 Å². The SMILES string of the molecule is N#Cc1cccc(-c2nc(-c3ccccc3)nc(-c3cccc4c3oc3cccc(-c5ccc6c(c5)sc5ccccc56)c34)n2)c1. The number of furan rings is 1. The Labute approximate surface area is 267 Å². The Morgan fingerprint density at radius 1 is 0.522 bits per heavy atom. The predicted molar refractivity (Wildman–Crippen MR) is 186 cm³/mol. The average molecular weight is 607 g/mol. The first-order valence-corrected chi connectivity index (χ1v) is 15.7. The number of benzene rings is 6. The first kappa shape index (κ1) is 26.3. The normalized spacial score (nSPS) is 11.5. The van der Waals surface area contributed by atoms with Crippen molar-refractivity contribution in [1.29, 1.82) is 5.26 Å². The maximum atomic E-state index is 9.54. The molecule has 0 fully saturated rings. The molecule has 0 atom stereocenters. The van der Waals surface area contributed by atoms with Gasteiger partial charge in [0.1, 0.15) is 11.2 Å². The zero-order valence-corrected chi connectivity index (χ0v) is 25.1. The minimum Gasteiger partial charge on any atom is -0.455 e. The number of rotatable bonds is 4. The van der Waals surface area contributed by atoms with Gasteiger partial charge in [-0.05, 0) is 47.5 Å². The van der Waals surface area contributed by atoms with E-state index in [1.807, 2.05) is 78.1 Å². The number of nitriles is 1. The maximum absolute atomic E-state index is 9.54. The minimum absolute atomic E-state index is 0.492.